The number of aryl methyl sites for hydroxylation is 1. The maximum Gasteiger partial charge on any atom is 0.254 e. The summed E-state index contributed by atoms with van der Waals surface area (Å²) in [7, 11) is 0. The molecule has 0 spiro atoms. The smallest absolute Gasteiger partial charge is 0.254 e. The van der Waals surface area contributed by atoms with Crippen molar-refractivity contribution >= 4 is 5.91 Å². The van der Waals surface area contributed by atoms with Crippen LogP contribution in [0.2, 0.25) is 0 Å². The van der Waals surface area contributed by atoms with Crippen LogP contribution < -0.4 is 5.32 Å². The molecule has 8 heteroatoms. The van der Waals surface area contributed by atoms with E-state index in [0.29, 0.717) is 22.8 Å². The molecule has 1 N–H and O–H groups in total. The molecule has 2 aromatic heterocycles. The van der Waals surface area contributed by atoms with Crippen molar-refractivity contribution in [3.63, 3.8) is 0 Å². The number of benzene rings is 1. The zero-order valence-electron chi connectivity index (χ0n) is 14.6. The van der Waals surface area contributed by atoms with Crippen molar-refractivity contribution in [1.29, 1.82) is 0 Å². The van der Waals surface area contributed by atoms with Gasteiger partial charge < -0.3 is 9.84 Å². The van der Waals surface area contributed by atoms with Crippen molar-refractivity contribution in [2.24, 2.45) is 5.92 Å². The number of hydrogen-bond acceptors (Lipinski definition) is 6. The lowest BCUT2D eigenvalue weighted by Crippen LogP contribution is -2.32. The lowest BCUT2D eigenvalue weighted by molar-refractivity contribution is 0.0910. The van der Waals surface area contributed by atoms with E-state index < -0.39 is 17.8 Å². The molecule has 0 aliphatic heterocycles. The Kier molecular flexibility index (Phi) is 5.01. The molecule has 0 saturated carbocycles. The van der Waals surface area contributed by atoms with Crippen molar-refractivity contribution < 1.29 is 13.7 Å². The minimum Gasteiger partial charge on any atom is -0.340 e. The summed E-state index contributed by atoms with van der Waals surface area (Å²) in [6, 6.07) is 3.86. The first-order chi connectivity index (χ1) is 12.5. The summed E-state index contributed by atoms with van der Waals surface area (Å²) in [4.78, 5) is 24.5. The third-order valence-corrected chi connectivity index (χ3v) is 3.87. The van der Waals surface area contributed by atoms with Crippen LogP contribution in [0.3, 0.4) is 0 Å². The molecule has 0 bridgehead atoms. The molecule has 2 heterocycles. The number of rotatable bonds is 5. The van der Waals surface area contributed by atoms with E-state index in [1.165, 1.54) is 18.5 Å². The van der Waals surface area contributed by atoms with Gasteiger partial charge >= 0.3 is 0 Å². The van der Waals surface area contributed by atoms with Gasteiger partial charge in [0.1, 0.15) is 18.2 Å². The molecule has 0 radical (unpaired) electrons. The first kappa shape index (κ1) is 17.7. The van der Waals surface area contributed by atoms with Crippen LogP contribution in [0.15, 0.2) is 41.4 Å². The summed E-state index contributed by atoms with van der Waals surface area (Å²) in [5.41, 5.74) is 1.19. The highest BCUT2D eigenvalue weighted by Gasteiger charge is 2.25. The minimum absolute atomic E-state index is 0.0115. The Morgan fingerprint density at radius 2 is 1.92 bits per heavy atom. The number of carbonyl (C=O) groups excluding carboxylic acids is 1. The van der Waals surface area contributed by atoms with Crippen LogP contribution in [-0.2, 0) is 0 Å². The highest BCUT2D eigenvalue weighted by molar-refractivity contribution is 5.95. The molecule has 7 nitrogen and oxygen atoms in total. The summed E-state index contributed by atoms with van der Waals surface area (Å²) in [5.74, 6) is -0.423. The molecule has 0 aliphatic carbocycles. The van der Waals surface area contributed by atoms with E-state index in [-0.39, 0.29) is 11.5 Å². The number of amides is 1. The van der Waals surface area contributed by atoms with E-state index in [2.05, 4.69) is 25.4 Å². The molecule has 0 fully saturated rings. The zero-order chi connectivity index (χ0) is 18.7. The van der Waals surface area contributed by atoms with E-state index in [1.807, 2.05) is 13.8 Å². The monoisotopic (exact) mass is 355 g/mol. The molecule has 0 saturated heterocycles. The number of aromatic nitrogens is 4. The summed E-state index contributed by atoms with van der Waals surface area (Å²) in [5, 5.41) is 6.50. The van der Waals surface area contributed by atoms with Crippen molar-refractivity contribution in [2.75, 3.05) is 0 Å². The highest BCUT2D eigenvalue weighted by atomic mass is 19.1. The highest BCUT2D eigenvalue weighted by Crippen LogP contribution is 2.23. The Labute approximate surface area is 149 Å². The zero-order valence-corrected chi connectivity index (χ0v) is 14.6. The van der Waals surface area contributed by atoms with E-state index in [0.717, 1.165) is 0 Å². The van der Waals surface area contributed by atoms with E-state index in [9.17, 15) is 9.18 Å². The molecule has 3 rings (SSSR count). The predicted molar refractivity (Wildman–Crippen MR) is 91.5 cm³/mol. The molecular formula is C18H18FN5O2. The molecule has 0 aliphatic rings. The third kappa shape index (κ3) is 3.74. The molecule has 1 aromatic carbocycles. The lowest BCUT2D eigenvalue weighted by Gasteiger charge is -2.18. The number of nitrogens with zero attached hydrogens (tertiary/aromatic N) is 4. The Balaban J connectivity index is 1.83. The molecule has 1 unspecified atom stereocenters. The van der Waals surface area contributed by atoms with Gasteiger partial charge in [0.2, 0.25) is 5.89 Å². The largest absolute Gasteiger partial charge is 0.340 e. The predicted octanol–water partition coefficient (Wildman–Crippen LogP) is 3.10. The first-order valence-corrected chi connectivity index (χ1v) is 8.11. The minimum atomic E-state index is -0.631. The number of carbonyl (C=O) groups is 1. The standard InChI is InChI=1S/C18H18FN5O2/c1-10(2)16(18-22-11(3)24-26-18)23-17(25)14-5-4-12(6-15(14)19)13-7-20-9-21-8-13/h4-10,16H,1-3H3,(H,23,25). The van der Waals surface area contributed by atoms with Gasteiger partial charge in [-0.25, -0.2) is 14.4 Å². The molecule has 134 valence electrons. The van der Waals surface area contributed by atoms with Crippen LogP contribution in [0.4, 0.5) is 4.39 Å². The second kappa shape index (κ2) is 7.38. The van der Waals surface area contributed by atoms with Gasteiger partial charge in [-0.05, 0) is 30.5 Å². The second-order valence-electron chi connectivity index (χ2n) is 6.20. The van der Waals surface area contributed by atoms with Gasteiger partial charge in [0.05, 0.1) is 5.56 Å². The molecule has 3 aromatic rings. The van der Waals surface area contributed by atoms with Crippen LogP contribution in [-0.4, -0.2) is 26.0 Å². The summed E-state index contributed by atoms with van der Waals surface area (Å²) >= 11 is 0. The van der Waals surface area contributed by atoms with Gasteiger partial charge in [0, 0.05) is 18.0 Å². The maximum absolute atomic E-state index is 14.5. The summed E-state index contributed by atoms with van der Waals surface area (Å²) in [6.45, 7) is 5.50. The molecule has 26 heavy (non-hydrogen) atoms. The fourth-order valence-electron chi connectivity index (χ4n) is 2.50. The first-order valence-electron chi connectivity index (χ1n) is 8.11. The molecular weight excluding hydrogens is 337 g/mol. The maximum atomic E-state index is 14.5. The van der Waals surface area contributed by atoms with Gasteiger partial charge in [0.15, 0.2) is 5.82 Å². The normalized spacial score (nSPS) is 12.2. The fourth-order valence-corrected chi connectivity index (χ4v) is 2.50. The Morgan fingerprint density at radius 1 is 1.19 bits per heavy atom. The number of nitrogens with one attached hydrogen (secondary N) is 1. The van der Waals surface area contributed by atoms with E-state index in [4.69, 9.17) is 4.52 Å². The van der Waals surface area contributed by atoms with Gasteiger partial charge in [0.25, 0.3) is 5.91 Å². The molecule has 1 atom stereocenters. The van der Waals surface area contributed by atoms with Crippen molar-refractivity contribution in [3.05, 3.63) is 60.0 Å². The fraction of sp³-hybridized carbons (Fsp3) is 0.278. The van der Waals surface area contributed by atoms with Crippen LogP contribution >= 0.6 is 0 Å². The topological polar surface area (TPSA) is 93.8 Å². The van der Waals surface area contributed by atoms with Gasteiger partial charge in [-0.3, -0.25) is 4.79 Å². The van der Waals surface area contributed by atoms with Crippen LogP contribution in [0.5, 0.6) is 0 Å². The molecule has 1 amide bonds. The third-order valence-electron chi connectivity index (χ3n) is 3.87. The van der Waals surface area contributed by atoms with E-state index >= 15 is 0 Å². The van der Waals surface area contributed by atoms with Gasteiger partial charge in [-0.2, -0.15) is 4.98 Å². The second-order valence-corrected chi connectivity index (χ2v) is 6.20. The van der Waals surface area contributed by atoms with Crippen molar-refractivity contribution in [2.45, 2.75) is 26.8 Å². The SMILES string of the molecule is Cc1noc(C(NC(=O)c2ccc(-c3cncnc3)cc2F)C(C)C)n1. The average Bonchev–Trinajstić information content (AvgIpc) is 3.05. The Hall–Kier alpha value is -3.16. The lowest BCUT2D eigenvalue weighted by atomic mass is 10.0. The Bertz CT molecular complexity index is 911. The van der Waals surface area contributed by atoms with Crippen molar-refractivity contribution in [3.8, 4) is 11.1 Å². The number of hydrogen-bond donors (Lipinski definition) is 1. The van der Waals surface area contributed by atoms with E-state index in [1.54, 1.807) is 25.4 Å². The average molecular weight is 355 g/mol. The van der Waals surface area contributed by atoms with Crippen LogP contribution in [0.1, 0.15) is 42.0 Å². The van der Waals surface area contributed by atoms with Gasteiger partial charge in [-0.15, -0.1) is 0 Å². The van der Waals surface area contributed by atoms with Crippen LogP contribution in [0, 0.1) is 18.7 Å². The quantitative estimate of drug-likeness (QED) is 0.756. The summed E-state index contributed by atoms with van der Waals surface area (Å²) in [6.07, 6.45) is 4.55. The van der Waals surface area contributed by atoms with Gasteiger partial charge in [-0.1, -0.05) is 25.1 Å². The van der Waals surface area contributed by atoms with Crippen LogP contribution in [0.25, 0.3) is 11.1 Å². The number of halogens is 1. The summed E-state index contributed by atoms with van der Waals surface area (Å²) < 4.78 is 19.6. The van der Waals surface area contributed by atoms with Crippen molar-refractivity contribution in [1.82, 2.24) is 25.4 Å². The Morgan fingerprint density at radius 3 is 2.50 bits per heavy atom.